The molecule has 0 unspecified atom stereocenters. The van der Waals surface area contributed by atoms with Gasteiger partial charge in [0.05, 0.1) is 44.2 Å². The Labute approximate surface area is 169 Å². The molecule has 2 atom stereocenters. The third-order valence-corrected chi connectivity index (χ3v) is 5.61. The summed E-state index contributed by atoms with van der Waals surface area (Å²) in [7, 11) is 1.61. The Morgan fingerprint density at radius 1 is 1.34 bits per heavy atom. The van der Waals surface area contributed by atoms with E-state index in [1.54, 1.807) is 19.4 Å². The molecule has 2 aromatic rings. The van der Waals surface area contributed by atoms with E-state index in [0.29, 0.717) is 39.3 Å². The third-order valence-electron chi connectivity index (χ3n) is 5.61. The number of carbonyl (C=O) groups is 1. The predicted octanol–water partition coefficient (Wildman–Crippen LogP) is 1.91. The first-order chi connectivity index (χ1) is 14.1. The Hall–Kier alpha value is -2.29. The Balaban J connectivity index is 1.50. The summed E-state index contributed by atoms with van der Waals surface area (Å²) in [6.07, 6.45) is 2.20. The van der Waals surface area contributed by atoms with Crippen LogP contribution in [0.3, 0.4) is 0 Å². The minimum atomic E-state index is -0.269. The number of hydrogen-bond donors (Lipinski definition) is 1. The van der Waals surface area contributed by atoms with Crippen molar-refractivity contribution < 1.29 is 18.7 Å². The summed E-state index contributed by atoms with van der Waals surface area (Å²) in [5.41, 5.74) is 2.64. The number of benzene rings is 1. The second kappa shape index (κ2) is 9.02. The van der Waals surface area contributed by atoms with Crippen molar-refractivity contribution in [1.29, 1.82) is 0 Å². The van der Waals surface area contributed by atoms with E-state index in [2.05, 4.69) is 15.1 Å². The van der Waals surface area contributed by atoms with Crippen LogP contribution < -0.4 is 0 Å². The fourth-order valence-corrected chi connectivity index (χ4v) is 4.27. The molecular formula is C21H27FN4O3. The molecule has 2 bridgehead atoms. The van der Waals surface area contributed by atoms with E-state index in [1.807, 2.05) is 11.0 Å². The van der Waals surface area contributed by atoms with Crippen molar-refractivity contribution in [2.24, 2.45) is 5.92 Å². The summed E-state index contributed by atoms with van der Waals surface area (Å²) in [6, 6.07) is 6.55. The first-order valence-corrected chi connectivity index (χ1v) is 10.0. The highest BCUT2D eigenvalue weighted by molar-refractivity contribution is 5.76. The number of hydrogen-bond acceptors (Lipinski definition) is 5. The van der Waals surface area contributed by atoms with E-state index in [9.17, 15) is 9.18 Å². The number of aromatic amines is 1. The minimum Gasteiger partial charge on any atom is -0.384 e. The lowest BCUT2D eigenvalue weighted by molar-refractivity contribution is -0.134. The van der Waals surface area contributed by atoms with Crippen LogP contribution in [0, 0.1) is 11.7 Å². The van der Waals surface area contributed by atoms with Crippen molar-refractivity contribution in [2.75, 3.05) is 46.6 Å². The molecule has 1 N–H and O–H groups in total. The van der Waals surface area contributed by atoms with Crippen molar-refractivity contribution in [1.82, 2.24) is 20.0 Å². The topological polar surface area (TPSA) is 70.7 Å². The maximum absolute atomic E-state index is 13.7. The Morgan fingerprint density at radius 2 is 2.24 bits per heavy atom. The third kappa shape index (κ3) is 4.66. The lowest BCUT2D eigenvalue weighted by Gasteiger charge is -2.31. The summed E-state index contributed by atoms with van der Waals surface area (Å²) in [6.45, 7) is 4.63. The maximum Gasteiger partial charge on any atom is 0.225 e. The van der Waals surface area contributed by atoms with Crippen LogP contribution in [-0.4, -0.2) is 78.5 Å². The molecule has 0 spiro atoms. The zero-order valence-electron chi connectivity index (χ0n) is 16.6. The molecule has 7 nitrogen and oxygen atoms in total. The predicted molar refractivity (Wildman–Crippen MR) is 106 cm³/mol. The minimum absolute atomic E-state index is 0.0244. The summed E-state index contributed by atoms with van der Waals surface area (Å²) in [4.78, 5) is 17.0. The zero-order chi connectivity index (χ0) is 20.2. The van der Waals surface area contributed by atoms with E-state index in [1.165, 1.54) is 12.1 Å². The zero-order valence-corrected chi connectivity index (χ0v) is 16.6. The molecule has 2 fully saturated rings. The summed E-state index contributed by atoms with van der Waals surface area (Å²) >= 11 is 0. The molecule has 0 aliphatic carbocycles. The van der Waals surface area contributed by atoms with Gasteiger partial charge in [-0.2, -0.15) is 5.10 Å². The van der Waals surface area contributed by atoms with Gasteiger partial charge in [-0.3, -0.25) is 14.8 Å². The van der Waals surface area contributed by atoms with Gasteiger partial charge >= 0.3 is 0 Å². The van der Waals surface area contributed by atoms with Crippen LogP contribution in [-0.2, 0) is 20.8 Å². The number of H-pyrrole nitrogens is 1. The molecule has 156 valence electrons. The van der Waals surface area contributed by atoms with Crippen LogP contribution in [0.1, 0.15) is 12.0 Å². The van der Waals surface area contributed by atoms with Crippen LogP contribution in [0.5, 0.6) is 0 Å². The normalized spacial score (nSPS) is 22.5. The van der Waals surface area contributed by atoms with E-state index >= 15 is 0 Å². The van der Waals surface area contributed by atoms with E-state index in [4.69, 9.17) is 9.47 Å². The van der Waals surface area contributed by atoms with Gasteiger partial charge in [-0.15, -0.1) is 0 Å². The number of methoxy groups -OCH3 is 1. The van der Waals surface area contributed by atoms with Crippen molar-refractivity contribution in [3.63, 3.8) is 0 Å². The van der Waals surface area contributed by atoms with Gasteiger partial charge in [0.15, 0.2) is 0 Å². The number of rotatable bonds is 6. The monoisotopic (exact) mass is 402 g/mol. The van der Waals surface area contributed by atoms with Gasteiger partial charge in [-0.05, 0) is 12.1 Å². The first-order valence-electron chi connectivity index (χ1n) is 10.0. The Bertz CT molecular complexity index is 843. The lowest BCUT2D eigenvalue weighted by atomic mass is 10.1. The summed E-state index contributed by atoms with van der Waals surface area (Å²) < 4.78 is 24.6. The molecule has 1 amide bonds. The quantitative estimate of drug-likeness (QED) is 0.799. The number of fused-ring (bicyclic) bond motifs is 3. The number of amides is 1. The standard InChI is InChI=1S/C21H27FN4O3/c1-28-6-5-20(27)26-10-15-9-25(12-19(26)14-29-13-15)11-17-8-23-24-21(17)16-3-2-4-18(22)7-16/h2-4,7-8,15,19H,5-6,9-14H2,1H3,(H,23,24)/t15-,19-/m0/s1. The maximum atomic E-state index is 13.7. The van der Waals surface area contributed by atoms with Crippen molar-refractivity contribution in [2.45, 2.75) is 19.0 Å². The smallest absolute Gasteiger partial charge is 0.225 e. The molecule has 4 rings (SSSR count). The lowest BCUT2D eigenvalue weighted by Crippen LogP contribution is -2.46. The van der Waals surface area contributed by atoms with E-state index < -0.39 is 0 Å². The first kappa shape index (κ1) is 20.0. The molecule has 0 radical (unpaired) electrons. The largest absolute Gasteiger partial charge is 0.384 e. The van der Waals surface area contributed by atoms with Crippen molar-refractivity contribution in [3.8, 4) is 11.3 Å². The number of nitrogens with zero attached hydrogens (tertiary/aromatic N) is 3. The molecule has 8 heteroatoms. The Morgan fingerprint density at radius 3 is 3.07 bits per heavy atom. The van der Waals surface area contributed by atoms with Crippen molar-refractivity contribution in [3.05, 3.63) is 41.8 Å². The number of halogens is 1. The molecule has 0 saturated carbocycles. The van der Waals surface area contributed by atoms with Crippen LogP contribution in [0.25, 0.3) is 11.3 Å². The molecule has 1 aromatic heterocycles. The van der Waals surface area contributed by atoms with Crippen molar-refractivity contribution >= 4 is 5.91 Å². The van der Waals surface area contributed by atoms with Gasteiger partial charge in [0.2, 0.25) is 5.91 Å². The molecular weight excluding hydrogens is 375 g/mol. The number of carbonyl (C=O) groups excluding carboxylic acids is 1. The fraction of sp³-hybridized carbons (Fsp3) is 0.524. The average molecular weight is 402 g/mol. The van der Waals surface area contributed by atoms with Gasteiger partial charge in [0.1, 0.15) is 5.82 Å². The summed E-state index contributed by atoms with van der Waals surface area (Å²) in [5, 5.41) is 7.20. The number of aromatic nitrogens is 2. The van der Waals surface area contributed by atoms with Crippen LogP contribution in [0.2, 0.25) is 0 Å². The summed E-state index contributed by atoms with van der Waals surface area (Å²) in [5.74, 6) is 0.117. The van der Waals surface area contributed by atoms with E-state index in [-0.39, 0.29) is 23.7 Å². The highest BCUT2D eigenvalue weighted by atomic mass is 19.1. The SMILES string of the molecule is COCCC(=O)N1C[C@H]2COC[C@@H]1CN(Cc1cn[nH]c1-c1cccc(F)c1)C2. The highest BCUT2D eigenvalue weighted by Gasteiger charge is 2.35. The second-order valence-corrected chi connectivity index (χ2v) is 7.82. The van der Waals surface area contributed by atoms with Gasteiger partial charge in [0.25, 0.3) is 0 Å². The number of nitrogens with one attached hydrogen (secondary N) is 1. The van der Waals surface area contributed by atoms with Gasteiger partial charge in [-0.25, -0.2) is 4.39 Å². The van der Waals surface area contributed by atoms with Crippen LogP contribution >= 0.6 is 0 Å². The molecule has 29 heavy (non-hydrogen) atoms. The molecule has 2 aliphatic rings. The Kier molecular flexibility index (Phi) is 6.22. The number of ether oxygens (including phenoxy) is 2. The van der Waals surface area contributed by atoms with E-state index in [0.717, 1.165) is 29.9 Å². The van der Waals surface area contributed by atoms with Gasteiger partial charge in [-0.1, -0.05) is 12.1 Å². The van der Waals surface area contributed by atoms with Crippen LogP contribution in [0.4, 0.5) is 4.39 Å². The second-order valence-electron chi connectivity index (χ2n) is 7.82. The molecule has 3 heterocycles. The fourth-order valence-electron chi connectivity index (χ4n) is 4.27. The molecule has 1 aromatic carbocycles. The van der Waals surface area contributed by atoms with Gasteiger partial charge < -0.3 is 14.4 Å². The highest BCUT2D eigenvalue weighted by Crippen LogP contribution is 2.26. The average Bonchev–Trinajstić information content (AvgIpc) is 2.96. The molecule has 2 saturated heterocycles. The van der Waals surface area contributed by atoms with Gasteiger partial charge in [0, 0.05) is 50.3 Å². The molecule has 2 aliphatic heterocycles. The van der Waals surface area contributed by atoms with Crippen LogP contribution in [0.15, 0.2) is 30.5 Å².